The van der Waals surface area contributed by atoms with Crippen LogP contribution >= 0.6 is 11.3 Å². The molecule has 33 heavy (non-hydrogen) atoms. The van der Waals surface area contributed by atoms with Gasteiger partial charge >= 0.3 is 5.97 Å². The third-order valence-electron chi connectivity index (χ3n) is 5.71. The van der Waals surface area contributed by atoms with Gasteiger partial charge in [-0.15, -0.1) is 11.3 Å². The normalized spacial score (nSPS) is 13.5. The zero-order chi connectivity index (χ0) is 23.2. The van der Waals surface area contributed by atoms with Crippen LogP contribution in [0.5, 0.6) is 5.75 Å². The van der Waals surface area contributed by atoms with Gasteiger partial charge in [0.2, 0.25) is 5.91 Å². The number of ether oxygens (including phenoxy) is 2. The number of esters is 1. The van der Waals surface area contributed by atoms with E-state index in [1.54, 1.807) is 29.5 Å². The summed E-state index contributed by atoms with van der Waals surface area (Å²) in [4.78, 5) is 29.1. The topological polar surface area (TPSA) is 77.5 Å². The van der Waals surface area contributed by atoms with Gasteiger partial charge in [-0.25, -0.2) is 9.78 Å². The average Bonchev–Trinajstić information content (AvgIpc) is 3.24. The molecule has 0 unspecified atom stereocenters. The van der Waals surface area contributed by atoms with Crippen LogP contribution in [0.15, 0.2) is 47.8 Å². The summed E-state index contributed by atoms with van der Waals surface area (Å²) in [6.45, 7) is 0. The van der Waals surface area contributed by atoms with Crippen LogP contribution in [0.2, 0.25) is 0 Å². The fourth-order valence-electron chi connectivity index (χ4n) is 3.67. The number of thiazole rings is 1. The van der Waals surface area contributed by atoms with E-state index in [4.69, 9.17) is 14.5 Å². The zero-order valence-electron chi connectivity index (χ0n) is 18.7. The van der Waals surface area contributed by atoms with Gasteiger partial charge in [0, 0.05) is 22.5 Å². The van der Waals surface area contributed by atoms with Crippen molar-refractivity contribution in [2.24, 2.45) is 0 Å². The molecule has 1 aliphatic carbocycles. The Labute approximate surface area is 197 Å². The summed E-state index contributed by atoms with van der Waals surface area (Å²) in [6.07, 6.45) is 7.94. The molecule has 2 aromatic carbocycles. The number of amides is 1. The number of benzene rings is 2. The molecule has 1 heterocycles. The second kappa shape index (κ2) is 10.4. The Balaban J connectivity index is 1.39. The molecule has 0 bridgehead atoms. The standard InChI is InChI=1S/C26H26N2O4S/c1-31-23-14-20(26(30)32-2)11-10-19(23)15-24(29)27-21-8-3-5-17(13-21)9-12-25-28-22(16-33-25)18-6-4-7-18/h3,5,8-14,16,18H,4,6-7,15H2,1-2H3,(H,27,29). The lowest BCUT2D eigenvalue weighted by Gasteiger charge is -2.22. The van der Waals surface area contributed by atoms with E-state index in [-0.39, 0.29) is 12.3 Å². The third-order valence-corrected chi connectivity index (χ3v) is 6.54. The Bertz CT molecular complexity index is 1180. The minimum absolute atomic E-state index is 0.119. The van der Waals surface area contributed by atoms with Crippen molar-refractivity contribution >= 4 is 41.1 Å². The molecule has 0 radical (unpaired) electrons. The van der Waals surface area contributed by atoms with Gasteiger partial charge in [0.15, 0.2) is 0 Å². The van der Waals surface area contributed by atoms with Gasteiger partial charge in [-0.05, 0) is 48.7 Å². The molecule has 1 N–H and O–H groups in total. The minimum atomic E-state index is -0.453. The van der Waals surface area contributed by atoms with Crippen molar-refractivity contribution in [3.8, 4) is 5.75 Å². The highest BCUT2D eigenvalue weighted by Crippen LogP contribution is 2.36. The average molecular weight is 463 g/mol. The lowest BCUT2D eigenvalue weighted by atomic mass is 9.83. The molecule has 7 heteroatoms. The molecule has 0 saturated heterocycles. The highest BCUT2D eigenvalue weighted by molar-refractivity contribution is 7.10. The Morgan fingerprint density at radius 3 is 2.73 bits per heavy atom. The monoisotopic (exact) mass is 462 g/mol. The molecule has 1 aromatic heterocycles. The molecule has 1 fully saturated rings. The first-order valence-corrected chi connectivity index (χ1v) is 11.7. The van der Waals surface area contributed by atoms with E-state index in [0.717, 1.165) is 10.6 Å². The van der Waals surface area contributed by atoms with Gasteiger partial charge in [-0.1, -0.05) is 30.7 Å². The second-order valence-electron chi connectivity index (χ2n) is 7.94. The van der Waals surface area contributed by atoms with Gasteiger partial charge in [-0.2, -0.15) is 0 Å². The quantitative estimate of drug-likeness (QED) is 0.444. The predicted octanol–water partition coefficient (Wildman–Crippen LogP) is 5.56. The summed E-state index contributed by atoms with van der Waals surface area (Å²) < 4.78 is 10.1. The number of methoxy groups -OCH3 is 2. The van der Waals surface area contributed by atoms with Crippen LogP contribution < -0.4 is 10.1 Å². The van der Waals surface area contributed by atoms with Crippen molar-refractivity contribution in [1.29, 1.82) is 0 Å². The van der Waals surface area contributed by atoms with E-state index in [9.17, 15) is 9.59 Å². The van der Waals surface area contributed by atoms with E-state index in [1.807, 2.05) is 36.4 Å². The molecule has 1 amide bonds. The van der Waals surface area contributed by atoms with Crippen molar-refractivity contribution in [1.82, 2.24) is 4.98 Å². The molecule has 3 aromatic rings. The summed E-state index contributed by atoms with van der Waals surface area (Å²) in [5.41, 5.74) is 3.96. The lowest BCUT2D eigenvalue weighted by Crippen LogP contribution is -2.15. The number of anilines is 1. The summed E-state index contributed by atoms with van der Waals surface area (Å²) in [7, 11) is 2.83. The minimum Gasteiger partial charge on any atom is -0.496 e. The highest BCUT2D eigenvalue weighted by atomic mass is 32.1. The van der Waals surface area contributed by atoms with E-state index < -0.39 is 5.97 Å². The van der Waals surface area contributed by atoms with Crippen molar-refractivity contribution < 1.29 is 19.1 Å². The van der Waals surface area contributed by atoms with Crippen LogP contribution in [0.25, 0.3) is 12.2 Å². The summed E-state index contributed by atoms with van der Waals surface area (Å²) in [5, 5.41) is 6.08. The first-order valence-electron chi connectivity index (χ1n) is 10.8. The smallest absolute Gasteiger partial charge is 0.337 e. The number of aromatic nitrogens is 1. The number of rotatable bonds is 8. The molecule has 0 spiro atoms. The predicted molar refractivity (Wildman–Crippen MR) is 131 cm³/mol. The fraction of sp³-hybridized carbons (Fsp3) is 0.269. The Hall–Kier alpha value is -3.45. The molecular formula is C26H26N2O4S. The van der Waals surface area contributed by atoms with Crippen LogP contribution in [0.4, 0.5) is 5.69 Å². The van der Waals surface area contributed by atoms with Gasteiger partial charge in [0.25, 0.3) is 0 Å². The molecule has 170 valence electrons. The van der Waals surface area contributed by atoms with E-state index in [1.165, 1.54) is 39.2 Å². The number of hydrogen-bond acceptors (Lipinski definition) is 6. The lowest BCUT2D eigenvalue weighted by molar-refractivity contribution is -0.115. The summed E-state index contributed by atoms with van der Waals surface area (Å²) in [6, 6.07) is 12.6. The maximum atomic E-state index is 12.6. The van der Waals surface area contributed by atoms with Crippen LogP contribution in [0, 0.1) is 0 Å². The molecule has 0 atom stereocenters. The third kappa shape index (κ3) is 5.68. The van der Waals surface area contributed by atoms with Crippen molar-refractivity contribution in [3.05, 3.63) is 75.2 Å². The summed E-state index contributed by atoms with van der Waals surface area (Å²) in [5.74, 6) is 0.475. The van der Waals surface area contributed by atoms with Gasteiger partial charge in [0.1, 0.15) is 10.8 Å². The van der Waals surface area contributed by atoms with Gasteiger partial charge in [-0.3, -0.25) is 4.79 Å². The van der Waals surface area contributed by atoms with Gasteiger partial charge in [0.05, 0.1) is 31.9 Å². The van der Waals surface area contributed by atoms with Crippen molar-refractivity contribution in [2.45, 2.75) is 31.6 Å². The number of carbonyl (C=O) groups excluding carboxylic acids is 2. The van der Waals surface area contributed by atoms with E-state index in [0.29, 0.717) is 28.5 Å². The highest BCUT2D eigenvalue weighted by Gasteiger charge is 2.21. The number of carbonyl (C=O) groups is 2. The molecule has 6 nitrogen and oxygen atoms in total. The largest absolute Gasteiger partial charge is 0.496 e. The number of nitrogens with zero attached hydrogens (tertiary/aromatic N) is 1. The molecule has 1 saturated carbocycles. The fourth-order valence-corrected chi connectivity index (χ4v) is 4.46. The first-order chi connectivity index (χ1) is 16.1. The van der Waals surface area contributed by atoms with Gasteiger partial charge < -0.3 is 14.8 Å². The first kappa shape index (κ1) is 22.7. The van der Waals surface area contributed by atoms with Crippen molar-refractivity contribution in [2.75, 3.05) is 19.5 Å². The van der Waals surface area contributed by atoms with Crippen LogP contribution in [0.3, 0.4) is 0 Å². The molecule has 4 rings (SSSR count). The van der Waals surface area contributed by atoms with Crippen LogP contribution in [-0.2, 0) is 16.0 Å². The number of hydrogen-bond donors (Lipinski definition) is 1. The van der Waals surface area contributed by atoms with Crippen LogP contribution in [0.1, 0.15) is 57.4 Å². The molecule has 1 aliphatic rings. The Kier molecular flexibility index (Phi) is 7.19. The zero-order valence-corrected chi connectivity index (χ0v) is 19.5. The van der Waals surface area contributed by atoms with Crippen LogP contribution in [-0.4, -0.2) is 31.1 Å². The maximum Gasteiger partial charge on any atom is 0.337 e. The SMILES string of the molecule is COC(=O)c1ccc(CC(=O)Nc2cccc(C=Cc3nc(C4CCC4)cs3)c2)c(OC)c1. The van der Waals surface area contributed by atoms with E-state index >= 15 is 0 Å². The second-order valence-corrected chi connectivity index (χ2v) is 8.83. The molecular weight excluding hydrogens is 436 g/mol. The molecule has 0 aliphatic heterocycles. The number of nitrogens with one attached hydrogen (secondary N) is 1. The van der Waals surface area contributed by atoms with Crippen molar-refractivity contribution in [3.63, 3.8) is 0 Å². The Morgan fingerprint density at radius 1 is 1.15 bits per heavy atom. The Morgan fingerprint density at radius 2 is 2.00 bits per heavy atom. The summed E-state index contributed by atoms with van der Waals surface area (Å²) >= 11 is 1.66. The van der Waals surface area contributed by atoms with E-state index in [2.05, 4.69) is 10.7 Å². The maximum absolute atomic E-state index is 12.6.